The molecule has 0 aliphatic heterocycles. The minimum absolute atomic E-state index is 0.0425. The van der Waals surface area contributed by atoms with Gasteiger partial charge in [0.15, 0.2) is 5.78 Å². The number of aromatic hydroxyl groups is 2. The lowest BCUT2D eigenvalue weighted by Crippen LogP contribution is -2.09. The van der Waals surface area contributed by atoms with E-state index in [4.69, 9.17) is 4.74 Å². The number of ether oxygens (including phenoxy) is 1. The number of ketones is 1. The topological polar surface area (TPSA) is 113 Å². The summed E-state index contributed by atoms with van der Waals surface area (Å²) in [5, 5.41) is 20.8. The Morgan fingerprint density at radius 1 is 1.17 bits per heavy atom. The van der Waals surface area contributed by atoms with Crippen molar-refractivity contribution in [1.82, 2.24) is 0 Å². The fourth-order valence-electron chi connectivity index (χ4n) is 2.71. The third-order valence-corrected chi connectivity index (χ3v) is 4.77. The summed E-state index contributed by atoms with van der Waals surface area (Å²) in [6, 6.07) is 7.74. The van der Waals surface area contributed by atoms with Gasteiger partial charge >= 0.3 is 0 Å². The van der Waals surface area contributed by atoms with Crippen molar-refractivity contribution in [2.24, 2.45) is 0 Å². The molecule has 8 heteroatoms. The predicted molar refractivity (Wildman–Crippen MR) is 118 cm³/mol. The van der Waals surface area contributed by atoms with Crippen LogP contribution in [0.15, 0.2) is 48.1 Å². The first-order valence-electron chi connectivity index (χ1n) is 9.07. The number of nitrogens with one attached hydrogen (secondary N) is 1. The summed E-state index contributed by atoms with van der Waals surface area (Å²) in [5.41, 5.74) is 2.27. The molecule has 3 N–H and O–H groups in total. The van der Waals surface area contributed by atoms with Crippen LogP contribution in [-0.4, -0.2) is 37.8 Å². The number of carbonyl (C=O) groups is 1. The fraction of sp³-hybridized carbons (Fsp3) is 0.227. The normalized spacial score (nSPS) is 11.3. The molecule has 30 heavy (non-hydrogen) atoms. The SMILES string of the molecule is COc1cc(O)c(CC=C(C)C)c(O)c1C(=O)/C=C/c1ccc(NS(C)(=O)=O)cc1. The Kier molecular flexibility index (Phi) is 7.28. The molecule has 0 aromatic heterocycles. The van der Waals surface area contributed by atoms with E-state index in [9.17, 15) is 23.4 Å². The van der Waals surface area contributed by atoms with E-state index < -0.39 is 15.8 Å². The van der Waals surface area contributed by atoms with Gasteiger partial charge in [0.2, 0.25) is 10.0 Å². The second-order valence-corrected chi connectivity index (χ2v) is 8.73. The van der Waals surface area contributed by atoms with Gasteiger partial charge < -0.3 is 14.9 Å². The molecule has 2 aromatic carbocycles. The Morgan fingerprint density at radius 3 is 2.33 bits per heavy atom. The van der Waals surface area contributed by atoms with Crippen molar-refractivity contribution < 1.29 is 28.2 Å². The van der Waals surface area contributed by atoms with Crippen molar-refractivity contribution >= 4 is 27.6 Å². The van der Waals surface area contributed by atoms with Gasteiger partial charge in [-0.15, -0.1) is 0 Å². The van der Waals surface area contributed by atoms with Gasteiger partial charge in [-0.05, 0) is 44.0 Å². The lowest BCUT2D eigenvalue weighted by molar-refractivity contribution is 0.104. The highest BCUT2D eigenvalue weighted by Gasteiger charge is 2.21. The summed E-state index contributed by atoms with van der Waals surface area (Å²) in [4.78, 5) is 12.8. The van der Waals surface area contributed by atoms with Crippen LogP contribution >= 0.6 is 0 Å². The summed E-state index contributed by atoms with van der Waals surface area (Å²) >= 11 is 0. The summed E-state index contributed by atoms with van der Waals surface area (Å²) in [6.07, 6.45) is 5.97. The van der Waals surface area contributed by atoms with E-state index in [-0.39, 0.29) is 34.8 Å². The molecule has 0 saturated carbocycles. The van der Waals surface area contributed by atoms with E-state index in [0.29, 0.717) is 11.3 Å². The summed E-state index contributed by atoms with van der Waals surface area (Å²) in [6.45, 7) is 3.78. The first kappa shape index (κ1) is 23.0. The molecule has 7 nitrogen and oxygen atoms in total. The minimum Gasteiger partial charge on any atom is -0.507 e. The number of allylic oxidation sites excluding steroid dienone is 3. The number of rotatable bonds is 8. The van der Waals surface area contributed by atoms with E-state index >= 15 is 0 Å². The lowest BCUT2D eigenvalue weighted by Gasteiger charge is -2.13. The summed E-state index contributed by atoms with van der Waals surface area (Å²) in [5.74, 6) is -0.919. The van der Waals surface area contributed by atoms with Gasteiger partial charge in [0.25, 0.3) is 0 Å². The average molecular weight is 432 g/mol. The van der Waals surface area contributed by atoms with Crippen LogP contribution in [0, 0.1) is 0 Å². The van der Waals surface area contributed by atoms with Crippen LogP contribution in [0.25, 0.3) is 6.08 Å². The monoisotopic (exact) mass is 431 g/mol. The summed E-state index contributed by atoms with van der Waals surface area (Å²) < 4.78 is 30.0. The number of sulfonamides is 1. The van der Waals surface area contributed by atoms with Gasteiger partial charge in [-0.3, -0.25) is 9.52 Å². The van der Waals surface area contributed by atoms with Gasteiger partial charge in [-0.25, -0.2) is 8.42 Å². The Bertz CT molecular complexity index is 1100. The quantitative estimate of drug-likeness (QED) is 0.332. The number of anilines is 1. The largest absolute Gasteiger partial charge is 0.507 e. The first-order chi connectivity index (χ1) is 14.0. The molecule has 0 radical (unpaired) electrons. The molecular formula is C22H25NO6S. The van der Waals surface area contributed by atoms with Gasteiger partial charge in [-0.2, -0.15) is 0 Å². The van der Waals surface area contributed by atoms with Crippen LogP contribution in [0.2, 0.25) is 0 Å². The Labute approximate surface area is 176 Å². The van der Waals surface area contributed by atoms with E-state index in [1.54, 1.807) is 24.3 Å². The maximum Gasteiger partial charge on any atom is 0.229 e. The zero-order valence-corrected chi connectivity index (χ0v) is 18.1. The van der Waals surface area contributed by atoms with Crippen molar-refractivity contribution in [1.29, 1.82) is 0 Å². The minimum atomic E-state index is -3.37. The van der Waals surface area contributed by atoms with Crippen molar-refractivity contribution in [2.45, 2.75) is 20.3 Å². The lowest BCUT2D eigenvalue weighted by atomic mass is 9.99. The zero-order chi connectivity index (χ0) is 22.5. The van der Waals surface area contributed by atoms with Gasteiger partial charge in [-0.1, -0.05) is 29.9 Å². The van der Waals surface area contributed by atoms with E-state index in [0.717, 1.165) is 11.8 Å². The van der Waals surface area contributed by atoms with E-state index in [1.165, 1.54) is 25.3 Å². The molecule has 0 spiro atoms. The highest BCUT2D eigenvalue weighted by Crippen LogP contribution is 2.39. The van der Waals surface area contributed by atoms with E-state index in [1.807, 2.05) is 19.9 Å². The van der Waals surface area contributed by atoms with Gasteiger partial charge in [0.1, 0.15) is 22.8 Å². The summed E-state index contributed by atoms with van der Waals surface area (Å²) in [7, 11) is -2.03. The van der Waals surface area contributed by atoms with Crippen LogP contribution in [-0.2, 0) is 16.4 Å². The molecule has 0 unspecified atom stereocenters. The highest BCUT2D eigenvalue weighted by molar-refractivity contribution is 7.92. The van der Waals surface area contributed by atoms with Crippen molar-refractivity contribution in [3.63, 3.8) is 0 Å². The van der Waals surface area contributed by atoms with Crippen LogP contribution in [0.1, 0.15) is 35.3 Å². The predicted octanol–water partition coefficient (Wildman–Crippen LogP) is 3.88. The molecular weight excluding hydrogens is 406 g/mol. The number of methoxy groups -OCH3 is 1. The molecule has 0 amide bonds. The molecule has 0 heterocycles. The second kappa shape index (κ2) is 9.49. The molecule has 0 bridgehead atoms. The number of carbonyl (C=O) groups excluding carboxylic acids is 1. The molecule has 0 atom stereocenters. The zero-order valence-electron chi connectivity index (χ0n) is 17.3. The van der Waals surface area contributed by atoms with Crippen molar-refractivity contribution in [3.8, 4) is 17.2 Å². The first-order valence-corrected chi connectivity index (χ1v) is 11.0. The average Bonchev–Trinajstić information content (AvgIpc) is 2.65. The standard InChI is InChI=1S/C22H25NO6S/c1-14(2)5-11-17-19(25)13-20(29-3)21(22(17)26)18(24)12-8-15-6-9-16(10-7-15)23-30(4,27)28/h5-10,12-13,23,25-26H,11H2,1-4H3/b12-8+. The third-order valence-electron chi connectivity index (χ3n) is 4.17. The van der Waals surface area contributed by atoms with Crippen molar-refractivity contribution in [2.75, 3.05) is 18.1 Å². The highest BCUT2D eigenvalue weighted by atomic mass is 32.2. The Hall–Kier alpha value is -3.26. The third kappa shape index (κ3) is 6.12. The number of benzene rings is 2. The van der Waals surface area contributed by atoms with Crippen LogP contribution in [0.4, 0.5) is 5.69 Å². The van der Waals surface area contributed by atoms with Crippen LogP contribution < -0.4 is 9.46 Å². The fourth-order valence-corrected chi connectivity index (χ4v) is 3.27. The number of phenols is 2. The van der Waals surface area contributed by atoms with Gasteiger partial charge in [0, 0.05) is 17.3 Å². The van der Waals surface area contributed by atoms with Crippen molar-refractivity contribution in [3.05, 3.63) is 64.7 Å². The second-order valence-electron chi connectivity index (χ2n) is 6.98. The Morgan fingerprint density at radius 2 is 1.80 bits per heavy atom. The molecule has 0 fully saturated rings. The maximum absolute atomic E-state index is 12.8. The number of hydrogen-bond donors (Lipinski definition) is 3. The molecule has 2 rings (SSSR count). The molecule has 0 saturated heterocycles. The van der Waals surface area contributed by atoms with Crippen LogP contribution in [0.3, 0.4) is 0 Å². The number of phenolic OH excluding ortho intramolecular Hbond substituents is 2. The smallest absolute Gasteiger partial charge is 0.229 e. The molecule has 2 aromatic rings. The molecule has 160 valence electrons. The number of hydrogen-bond acceptors (Lipinski definition) is 6. The molecule has 0 aliphatic carbocycles. The Balaban J connectivity index is 2.33. The maximum atomic E-state index is 12.8. The molecule has 0 aliphatic rings. The van der Waals surface area contributed by atoms with Crippen LogP contribution in [0.5, 0.6) is 17.2 Å². The van der Waals surface area contributed by atoms with Gasteiger partial charge in [0.05, 0.1) is 13.4 Å². The van der Waals surface area contributed by atoms with E-state index in [2.05, 4.69) is 4.72 Å².